The van der Waals surface area contributed by atoms with Gasteiger partial charge in [0.2, 0.25) is 5.95 Å². The van der Waals surface area contributed by atoms with E-state index in [4.69, 9.17) is 15.0 Å². The molecule has 2 aromatic heterocycles. The lowest BCUT2D eigenvalue weighted by Gasteiger charge is -2.13. The van der Waals surface area contributed by atoms with Gasteiger partial charge in [0.15, 0.2) is 11.6 Å². The van der Waals surface area contributed by atoms with Crippen molar-refractivity contribution >= 4 is 21.8 Å². The van der Waals surface area contributed by atoms with Gasteiger partial charge in [-0.15, -0.1) is 0 Å². The fraction of sp³-hybridized carbons (Fsp3) is 0. The maximum atomic E-state index is 5.22. The summed E-state index contributed by atoms with van der Waals surface area (Å²) in [6.45, 7) is 0. The number of fused-ring (bicyclic) bond motifs is 3. The average Bonchev–Trinajstić information content (AvgIpc) is 3.61. The van der Waals surface area contributed by atoms with E-state index in [1.54, 1.807) is 0 Å². The first-order valence-electron chi connectivity index (χ1n) is 18.5. The molecule has 0 unspecified atom stereocenters. The fourth-order valence-corrected chi connectivity index (χ4v) is 7.59. The van der Waals surface area contributed by atoms with Crippen LogP contribution in [0.3, 0.4) is 0 Å². The van der Waals surface area contributed by atoms with E-state index in [0.29, 0.717) is 17.6 Å². The molecule has 10 rings (SSSR count). The minimum atomic E-state index is 0.571. The minimum absolute atomic E-state index is 0.571. The highest BCUT2D eigenvalue weighted by molar-refractivity contribution is 6.14. The second-order valence-electron chi connectivity index (χ2n) is 13.7. The van der Waals surface area contributed by atoms with E-state index in [-0.39, 0.29) is 0 Å². The molecule has 0 fully saturated rings. The Morgan fingerprint density at radius 1 is 0.291 bits per heavy atom. The van der Waals surface area contributed by atoms with Crippen LogP contribution in [-0.4, -0.2) is 19.5 Å². The summed E-state index contributed by atoms with van der Waals surface area (Å²) in [4.78, 5) is 15.4. The zero-order valence-corrected chi connectivity index (χ0v) is 29.9. The summed E-state index contributed by atoms with van der Waals surface area (Å²) in [6.07, 6.45) is 0. The van der Waals surface area contributed by atoms with Gasteiger partial charge in [-0.25, -0.2) is 4.98 Å². The standard InChI is InChI=1S/C51H34N4/c1-6-17-35(18-7-1)41-31-42(36-19-8-2-9-20-36)33-43(32-41)40-29-30-47-46(34-40)45-28-16-27-44(37-21-10-3-11-22-37)48(45)55(47)51-53-49(38-23-12-4-13-24-38)52-50(54-51)39-25-14-5-15-26-39/h1-34H. The van der Waals surface area contributed by atoms with Crippen molar-refractivity contribution in [2.45, 2.75) is 0 Å². The van der Waals surface area contributed by atoms with Gasteiger partial charge < -0.3 is 0 Å². The summed E-state index contributed by atoms with van der Waals surface area (Å²) >= 11 is 0. The minimum Gasteiger partial charge on any atom is -0.277 e. The molecular formula is C51H34N4. The molecule has 258 valence electrons. The van der Waals surface area contributed by atoms with Crippen LogP contribution in [0.25, 0.3) is 95.0 Å². The molecule has 0 saturated carbocycles. The number of hydrogen-bond acceptors (Lipinski definition) is 3. The summed E-state index contributed by atoms with van der Waals surface area (Å²) < 4.78 is 2.23. The monoisotopic (exact) mass is 702 g/mol. The van der Waals surface area contributed by atoms with Gasteiger partial charge >= 0.3 is 0 Å². The maximum Gasteiger partial charge on any atom is 0.238 e. The molecule has 0 spiro atoms. The van der Waals surface area contributed by atoms with Crippen molar-refractivity contribution in [3.8, 4) is 73.2 Å². The van der Waals surface area contributed by atoms with E-state index in [2.05, 4.69) is 174 Å². The Balaban J connectivity index is 1.25. The molecule has 0 radical (unpaired) electrons. The van der Waals surface area contributed by atoms with E-state index in [0.717, 1.165) is 55.2 Å². The van der Waals surface area contributed by atoms with Crippen LogP contribution in [0.4, 0.5) is 0 Å². The molecule has 0 aliphatic rings. The van der Waals surface area contributed by atoms with Crippen molar-refractivity contribution in [2.24, 2.45) is 0 Å². The molecule has 0 amide bonds. The molecule has 0 N–H and O–H groups in total. The number of rotatable bonds is 7. The molecule has 2 heterocycles. The second kappa shape index (κ2) is 13.8. The molecule has 0 saturated heterocycles. The topological polar surface area (TPSA) is 43.6 Å². The summed E-state index contributed by atoms with van der Waals surface area (Å²) in [7, 11) is 0. The Morgan fingerprint density at radius 2 is 0.745 bits per heavy atom. The number of nitrogens with zero attached hydrogens (tertiary/aromatic N) is 4. The Morgan fingerprint density at radius 3 is 1.25 bits per heavy atom. The van der Waals surface area contributed by atoms with Crippen LogP contribution in [0.15, 0.2) is 206 Å². The van der Waals surface area contributed by atoms with Crippen LogP contribution in [-0.2, 0) is 0 Å². The van der Waals surface area contributed by atoms with Crippen LogP contribution >= 0.6 is 0 Å². The van der Waals surface area contributed by atoms with Gasteiger partial charge in [-0.05, 0) is 69.3 Å². The fourth-order valence-electron chi connectivity index (χ4n) is 7.59. The molecule has 8 aromatic carbocycles. The lowest BCUT2D eigenvalue weighted by atomic mass is 9.93. The third-order valence-electron chi connectivity index (χ3n) is 10.2. The van der Waals surface area contributed by atoms with Crippen LogP contribution in [0.5, 0.6) is 0 Å². The predicted octanol–water partition coefficient (Wildman–Crippen LogP) is 13.0. The first-order valence-corrected chi connectivity index (χ1v) is 18.5. The molecule has 0 aliphatic heterocycles. The summed E-state index contributed by atoms with van der Waals surface area (Å²) in [5.74, 6) is 1.82. The van der Waals surface area contributed by atoms with Crippen molar-refractivity contribution in [1.29, 1.82) is 0 Å². The number of para-hydroxylation sites is 1. The van der Waals surface area contributed by atoms with Crippen molar-refractivity contribution in [3.63, 3.8) is 0 Å². The third kappa shape index (κ3) is 6.06. The molecule has 0 atom stereocenters. The maximum absolute atomic E-state index is 5.22. The van der Waals surface area contributed by atoms with Crippen molar-refractivity contribution in [3.05, 3.63) is 206 Å². The zero-order chi connectivity index (χ0) is 36.6. The van der Waals surface area contributed by atoms with Crippen LogP contribution in [0.1, 0.15) is 0 Å². The smallest absolute Gasteiger partial charge is 0.238 e. The van der Waals surface area contributed by atoms with Gasteiger partial charge in [0.05, 0.1) is 11.0 Å². The van der Waals surface area contributed by atoms with E-state index >= 15 is 0 Å². The van der Waals surface area contributed by atoms with E-state index < -0.39 is 0 Å². The molecule has 10 aromatic rings. The number of hydrogen-bond donors (Lipinski definition) is 0. The van der Waals surface area contributed by atoms with Gasteiger partial charge in [-0.2, -0.15) is 9.97 Å². The Kier molecular flexibility index (Phi) is 8.12. The first kappa shape index (κ1) is 32.2. The average molecular weight is 703 g/mol. The first-order chi connectivity index (χ1) is 27.3. The van der Waals surface area contributed by atoms with Crippen molar-refractivity contribution in [2.75, 3.05) is 0 Å². The normalized spacial score (nSPS) is 11.3. The highest BCUT2D eigenvalue weighted by Gasteiger charge is 2.21. The number of aromatic nitrogens is 4. The van der Waals surface area contributed by atoms with Gasteiger partial charge in [0, 0.05) is 27.5 Å². The van der Waals surface area contributed by atoms with Crippen LogP contribution in [0, 0.1) is 0 Å². The Labute approximate surface area is 319 Å². The highest BCUT2D eigenvalue weighted by Crippen LogP contribution is 2.41. The summed E-state index contributed by atoms with van der Waals surface area (Å²) in [5, 5.41) is 2.25. The second-order valence-corrected chi connectivity index (χ2v) is 13.7. The van der Waals surface area contributed by atoms with Gasteiger partial charge in [0.1, 0.15) is 0 Å². The SMILES string of the molecule is c1ccc(-c2cc(-c3ccccc3)cc(-c3ccc4c(c3)c3cccc(-c5ccccc5)c3n4-c3nc(-c4ccccc4)nc(-c4ccccc4)n3)c2)cc1. The molecule has 4 nitrogen and oxygen atoms in total. The van der Waals surface area contributed by atoms with Gasteiger partial charge in [0.25, 0.3) is 0 Å². The highest BCUT2D eigenvalue weighted by atomic mass is 15.2. The predicted molar refractivity (Wildman–Crippen MR) is 227 cm³/mol. The zero-order valence-electron chi connectivity index (χ0n) is 29.9. The lowest BCUT2D eigenvalue weighted by Crippen LogP contribution is -2.07. The quantitative estimate of drug-likeness (QED) is 0.166. The molecule has 4 heteroatoms. The molecular weight excluding hydrogens is 669 g/mol. The molecule has 55 heavy (non-hydrogen) atoms. The van der Waals surface area contributed by atoms with Crippen LogP contribution < -0.4 is 0 Å². The summed E-state index contributed by atoms with van der Waals surface area (Å²) in [6, 6.07) is 72.4. The van der Waals surface area contributed by atoms with Gasteiger partial charge in [-0.3, -0.25) is 4.57 Å². The number of benzene rings is 8. The van der Waals surface area contributed by atoms with E-state index in [1.807, 2.05) is 36.4 Å². The molecule has 0 aliphatic carbocycles. The van der Waals surface area contributed by atoms with Crippen molar-refractivity contribution < 1.29 is 0 Å². The van der Waals surface area contributed by atoms with E-state index in [9.17, 15) is 0 Å². The summed E-state index contributed by atoms with van der Waals surface area (Å²) in [5.41, 5.74) is 13.2. The lowest BCUT2D eigenvalue weighted by molar-refractivity contribution is 0.954. The Hall–Kier alpha value is -7.43. The largest absolute Gasteiger partial charge is 0.277 e. The molecule has 0 bridgehead atoms. The van der Waals surface area contributed by atoms with Gasteiger partial charge in [-0.1, -0.05) is 176 Å². The Bertz CT molecular complexity index is 2820. The van der Waals surface area contributed by atoms with Crippen molar-refractivity contribution in [1.82, 2.24) is 19.5 Å². The van der Waals surface area contributed by atoms with E-state index in [1.165, 1.54) is 22.3 Å². The third-order valence-corrected chi connectivity index (χ3v) is 10.2. The van der Waals surface area contributed by atoms with Crippen LogP contribution in [0.2, 0.25) is 0 Å².